The lowest BCUT2D eigenvalue weighted by molar-refractivity contribution is -0.135. The maximum atomic E-state index is 14.6. The molecule has 1 fully saturated rings. The number of para-hydroxylation sites is 2. The minimum atomic E-state index is -0.599. The van der Waals surface area contributed by atoms with Gasteiger partial charge in [-0.2, -0.15) is 0 Å². The second-order valence-corrected chi connectivity index (χ2v) is 11.5. The molecule has 0 spiro atoms. The van der Waals surface area contributed by atoms with Gasteiger partial charge in [0.1, 0.15) is 23.5 Å². The summed E-state index contributed by atoms with van der Waals surface area (Å²) >= 11 is 0. The Morgan fingerprint density at radius 1 is 1.07 bits per heavy atom. The van der Waals surface area contributed by atoms with Crippen LogP contribution in [0.2, 0.25) is 0 Å². The standard InChI is InChI=1S/C34H36FN5O6/c1-44-29-8-6-21-7-10-32(41)36-18-22-14-23(35)17-24(15-22)46-28-12-13-40(19-27(28)39-33(42)20-45-30(29)16-21)34(43)11-9-31-37-25-4-2-3-5-26(25)38-31/h2-6,8,14-17,27-28H,7,9-13,18-20H2,1H3,(H,36,41)(H,37,38)(H,39,42)/t27-,28-/m1/s1. The molecule has 0 unspecified atom stereocenters. The van der Waals surface area contributed by atoms with Gasteiger partial charge in [0, 0.05) is 51.4 Å². The Morgan fingerprint density at radius 2 is 1.93 bits per heavy atom. The van der Waals surface area contributed by atoms with E-state index in [0.29, 0.717) is 42.9 Å². The summed E-state index contributed by atoms with van der Waals surface area (Å²) < 4.78 is 32.1. The molecule has 3 amide bonds. The molecule has 0 aliphatic carbocycles. The number of hydrogen-bond acceptors (Lipinski definition) is 7. The lowest BCUT2D eigenvalue weighted by Gasteiger charge is -2.39. The second kappa shape index (κ2) is 13.9. The third-order valence-electron chi connectivity index (χ3n) is 8.20. The van der Waals surface area contributed by atoms with Gasteiger partial charge in [0.15, 0.2) is 18.1 Å². The number of aryl methyl sites for hydroxylation is 2. The van der Waals surface area contributed by atoms with Crippen LogP contribution < -0.4 is 24.8 Å². The van der Waals surface area contributed by atoms with Crippen LogP contribution in [0.25, 0.3) is 11.0 Å². The maximum absolute atomic E-state index is 14.6. The molecule has 12 heteroatoms. The number of aromatic amines is 1. The Balaban J connectivity index is 1.20. The van der Waals surface area contributed by atoms with Crippen molar-refractivity contribution in [3.63, 3.8) is 0 Å². The van der Waals surface area contributed by atoms with E-state index >= 15 is 0 Å². The first kappa shape index (κ1) is 30.9. The fourth-order valence-electron chi connectivity index (χ4n) is 5.84. The Labute approximate surface area is 265 Å². The minimum Gasteiger partial charge on any atom is -0.493 e. The van der Waals surface area contributed by atoms with Gasteiger partial charge >= 0.3 is 0 Å². The fraction of sp³-hybridized carbons (Fsp3) is 0.353. The Bertz CT molecular complexity index is 1710. The van der Waals surface area contributed by atoms with E-state index in [4.69, 9.17) is 14.2 Å². The van der Waals surface area contributed by atoms with Crippen LogP contribution in [0.15, 0.2) is 60.7 Å². The van der Waals surface area contributed by atoms with E-state index in [1.54, 1.807) is 23.1 Å². The number of halogens is 1. The van der Waals surface area contributed by atoms with E-state index in [-0.39, 0.29) is 50.1 Å². The SMILES string of the molecule is COc1ccc2cc1OCC(=O)N[C@@H]1CN(C(=O)CCc3nc4ccccc4[nH]3)CC[C@H]1Oc1cc(F)cc(c1)CNC(=O)CC2. The number of benzene rings is 3. The molecule has 2 atom stereocenters. The van der Waals surface area contributed by atoms with Gasteiger partial charge in [0.25, 0.3) is 5.91 Å². The minimum absolute atomic E-state index is 0.0748. The second-order valence-electron chi connectivity index (χ2n) is 11.5. The molecule has 46 heavy (non-hydrogen) atoms. The van der Waals surface area contributed by atoms with Crippen molar-refractivity contribution in [3.05, 3.63) is 83.4 Å². The van der Waals surface area contributed by atoms with Crippen LogP contribution in [0.3, 0.4) is 0 Å². The van der Waals surface area contributed by atoms with E-state index in [2.05, 4.69) is 20.6 Å². The number of carbonyl (C=O) groups excluding carboxylic acids is 3. The van der Waals surface area contributed by atoms with Crippen LogP contribution in [0.1, 0.15) is 36.2 Å². The number of H-pyrrole nitrogens is 1. The molecule has 1 saturated heterocycles. The van der Waals surface area contributed by atoms with E-state index in [0.717, 1.165) is 22.4 Å². The zero-order valence-electron chi connectivity index (χ0n) is 25.5. The van der Waals surface area contributed by atoms with Crippen LogP contribution >= 0.6 is 0 Å². The molecule has 2 aliphatic rings. The Morgan fingerprint density at radius 3 is 2.78 bits per heavy atom. The highest BCUT2D eigenvalue weighted by molar-refractivity contribution is 5.79. The molecular formula is C34H36FN5O6. The van der Waals surface area contributed by atoms with Crippen molar-refractivity contribution in [2.75, 3.05) is 26.8 Å². The first-order chi connectivity index (χ1) is 22.3. The normalized spacial score (nSPS) is 19.0. The third kappa shape index (κ3) is 7.56. The summed E-state index contributed by atoms with van der Waals surface area (Å²) in [6.07, 6.45) is 1.18. The fourth-order valence-corrected chi connectivity index (χ4v) is 5.84. The summed E-state index contributed by atoms with van der Waals surface area (Å²) in [6, 6.07) is 16.7. The van der Waals surface area contributed by atoms with Crippen LogP contribution in [0, 0.1) is 5.82 Å². The van der Waals surface area contributed by atoms with Crippen LogP contribution in [-0.2, 0) is 33.8 Å². The van der Waals surface area contributed by atoms with Crippen molar-refractivity contribution in [1.82, 2.24) is 25.5 Å². The average molecular weight is 630 g/mol. The number of amides is 3. The molecule has 0 radical (unpaired) electrons. The lowest BCUT2D eigenvalue weighted by atomic mass is 10.0. The van der Waals surface area contributed by atoms with Crippen LogP contribution in [0.5, 0.6) is 17.2 Å². The number of nitrogens with one attached hydrogen (secondary N) is 3. The number of imidazole rings is 1. The highest BCUT2D eigenvalue weighted by Crippen LogP contribution is 2.29. The Kier molecular flexibility index (Phi) is 9.32. The number of piperidine rings is 1. The van der Waals surface area contributed by atoms with Crippen molar-refractivity contribution < 1.29 is 33.0 Å². The molecule has 3 N–H and O–H groups in total. The summed E-state index contributed by atoms with van der Waals surface area (Å²) in [7, 11) is 1.51. The first-order valence-electron chi connectivity index (χ1n) is 15.4. The van der Waals surface area contributed by atoms with Gasteiger partial charge in [-0.25, -0.2) is 9.37 Å². The summed E-state index contributed by atoms with van der Waals surface area (Å²) in [4.78, 5) is 48.6. The van der Waals surface area contributed by atoms with E-state index in [1.807, 2.05) is 30.3 Å². The quantitative estimate of drug-likeness (QED) is 0.315. The molecule has 3 heterocycles. The lowest BCUT2D eigenvalue weighted by Crippen LogP contribution is -2.58. The molecule has 0 saturated carbocycles. The maximum Gasteiger partial charge on any atom is 0.258 e. The molecule has 1 aromatic heterocycles. The zero-order valence-corrected chi connectivity index (χ0v) is 25.5. The summed E-state index contributed by atoms with van der Waals surface area (Å²) in [5.74, 6) is 0.647. The van der Waals surface area contributed by atoms with Crippen molar-refractivity contribution in [1.29, 1.82) is 0 Å². The molecule has 4 bridgehead atoms. The van der Waals surface area contributed by atoms with Crippen molar-refractivity contribution in [2.24, 2.45) is 0 Å². The number of aromatic nitrogens is 2. The number of nitrogens with zero attached hydrogens (tertiary/aromatic N) is 2. The molecule has 11 nitrogen and oxygen atoms in total. The third-order valence-corrected chi connectivity index (χ3v) is 8.20. The molecule has 240 valence electrons. The van der Waals surface area contributed by atoms with Crippen molar-refractivity contribution >= 4 is 28.8 Å². The van der Waals surface area contributed by atoms with Gasteiger partial charge in [0.05, 0.1) is 24.2 Å². The van der Waals surface area contributed by atoms with Gasteiger partial charge in [-0.15, -0.1) is 0 Å². The predicted octanol–water partition coefficient (Wildman–Crippen LogP) is 3.45. The largest absolute Gasteiger partial charge is 0.493 e. The number of hydrogen-bond donors (Lipinski definition) is 3. The molecule has 6 rings (SSSR count). The molecule has 2 aliphatic heterocycles. The van der Waals surface area contributed by atoms with Gasteiger partial charge < -0.3 is 34.7 Å². The zero-order chi connectivity index (χ0) is 32.0. The highest BCUT2D eigenvalue weighted by atomic mass is 19.1. The smallest absolute Gasteiger partial charge is 0.258 e. The topological polar surface area (TPSA) is 135 Å². The van der Waals surface area contributed by atoms with E-state index in [9.17, 15) is 18.8 Å². The molecular weight excluding hydrogens is 593 g/mol. The van der Waals surface area contributed by atoms with Crippen LogP contribution in [0.4, 0.5) is 4.39 Å². The number of methoxy groups -OCH3 is 1. The number of carbonyl (C=O) groups is 3. The number of ether oxygens (including phenoxy) is 3. The summed E-state index contributed by atoms with van der Waals surface area (Å²) in [5.41, 5.74) is 3.14. The van der Waals surface area contributed by atoms with Crippen LogP contribution in [-0.4, -0.2) is 71.5 Å². The first-order valence-corrected chi connectivity index (χ1v) is 15.4. The monoisotopic (exact) mass is 629 g/mol. The van der Waals surface area contributed by atoms with E-state index < -0.39 is 23.9 Å². The average Bonchev–Trinajstić information content (AvgIpc) is 3.48. The highest BCUT2D eigenvalue weighted by Gasteiger charge is 2.34. The van der Waals surface area contributed by atoms with Gasteiger partial charge in [-0.1, -0.05) is 18.2 Å². The summed E-state index contributed by atoms with van der Waals surface area (Å²) in [5, 5.41) is 5.82. The van der Waals surface area contributed by atoms with E-state index in [1.165, 1.54) is 19.2 Å². The number of rotatable bonds is 4. The Hall–Kier alpha value is -5.13. The van der Waals surface area contributed by atoms with Gasteiger partial charge in [-0.3, -0.25) is 14.4 Å². The number of likely N-dealkylation sites (tertiary alicyclic amines) is 1. The molecule has 4 aromatic rings. The number of fused-ring (bicyclic) bond motifs is 6. The van der Waals surface area contributed by atoms with Gasteiger partial charge in [0.2, 0.25) is 11.8 Å². The van der Waals surface area contributed by atoms with Crippen molar-refractivity contribution in [3.8, 4) is 17.2 Å². The molecule has 3 aromatic carbocycles. The predicted molar refractivity (Wildman–Crippen MR) is 167 cm³/mol. The van der Waals surface area contributed by atoms with Crippen molar-refractivity contribution in [2.45, 2.75) is 50.8 Å². The van der Waals surface area contributed by atoms with Gasteiger partial charge in [-0.05, 0) is 53.9 Å². The summed E-state index contributed by atoms with van der Waals surface area (Å²) in [6.45, 7) is 0.414.